The van der Waals surface area contributed by atoms with Gasteiger partial charge in [-0.05, 0) is 44.0 Å². The number of carbonyl (C=O) groups is 1. The Morgan fingerprint density at radius 2 is 2.12 bits per heavy atom. The molecule has 6 heteroatoms. The molecule has 26 heavy (non-hydrogen) atoms. The Kier molecular flexibility index (Phi) is 4.58. The summed E-state index contributed by atoms with van der Waals surface area (Å²) in [7, 11) is 0. The number of hydrogen-bond donors (Lipinski definition) is 1. The molecule has 1 aliphatic heterocycles. The van der Waals surface area contributed by atoms with E-state index in [1.807, 2.05) is 49.4 Å². The molecule has 3 heterocycles. The van der Waals surface area contributed by atoms with Crippen LogP contribution in [0.15, 0.2) is 53.1 Å². The number of nitrogens with zero attached hydrogens (tertiary/aromatic N) is 2. The zero-order valence-corrected chi connectivity index (χ0v) is 14.6. The van der Waals surface area contributed by atoms with Gasteiger partial charge in [-0.15, -0.1) is 0 Å². The average molecular weight is 351 g/mol. The third-order valence-electron chi connectivity index (χ3n) is 4.47. The molecule has 1 unspecified atom stereocenters. The van der Waals surface area contributed by atoms with Crippen LogP contribution in [0.2, 0.25) is 0 Å². The van der Waals surface area contributed by atoms with Gasteiger partial charge in [0.05, 0.1) is 17.4 Å². The Labute approximate surface area is 151 Å². The molecule has 2 aromatic heterocycles. The van der Waals surface area contributed by atoms with Gasteiger partial charge in [-0.3, -0.25) is 4.79 Å². The molecule has 1 amide bonds. The Bertz CT molecular complexity index is 892. The van der Waals surface area contributed by atoms with Crippen molar-refractivity contribution in [3.63, 3.8) is 0 Å². The SMILES string of the molecule is Cc1ccc(-c2nn(-c3ccccc3)cc2C(=O)NCC2CCCO2)o1. The van der Waals surface area contributed by atoms with E-state index in [4.69, 9.17) is 9.15 Å². The summed E-state index contributed by atoms with van der Waals surface area (Å²) in [6.07, 6.45) is 3.86. The molecule has 1 aromatic carbocycles. The molecule has 1 fully saturated rings. The van der Waals surface area contributed by atoms with Crippen molar-refractivity contribution in [2.24, 2.45) is 0 Å². The molecule has 1 aliphatic rings. The lowest BCUT2D eigenvalue weighted by atomic mass is 10.2. The van der Waals surface area contributed by atoms with Crippen LogP contribution in [0.1, 0.15) is 29.0 Å². The summed E-state index contributed by atoms with van der Waals surface area (Å²) in [4.78, 5) is 12.8. The molecule has 1 atom stereocenters. The molecule has 1 N–H and O–H groups in total. The van der Waals surface area contributed by atoms with Crippen LogP contribution >= 0.6 is 0 Å². The van der Waals surface area contributed by atoms with E-state index < -0.39 is 0 Å². The fraction of sp³-hybridized carbons (Fsp3) is 0.300. The van der Waals surface area contributed by atoms with Crippen molar-refractivity contribution in [2.75, 3.05) is 13.2 Å². The van der Waals surface area contributed by atoms with Crippen molar-refractivity contribution >= 4 is 5.91 Å². The van der Waals surface area contributed by atoms with Crippen LogP contribution in [-0.2, 0) is 4.74 Å². The first kappa shape index (κ1) is 16.6. The topological polar surface area (TPSA) is 69.3 Å². The smallest absolute Gasteiger partial charge is 0.255 e. The molecule has 6 nitrogen and oxygen atoms in total. The van der Waals surface area contributed by atoms with Gasteiger partial charge in [0.25, 0.3) is 5.91 Å². The molecule has 1 saturated heterocycles. The Morgan fingerprint density at radius 3 is 2.81 bits per heavy atom. The van der Waals surface area contributed by atoms with E-state index in [1.54, 1.807) is 10.9 Å². The molecule has 134 valence electrons. The maximum Gasteiger partial charge on any atom is 0.255 e. The lowest BCUT2D eigenvalue weighted by molar-refractivity contribution is 0.0858. The number of benzene rings is 1. The zero-order valence-electron chi connectivity index (χ0n) is 14.6. The highest BCUT2D eigenvalue weighted by Gasteiger charge is 2.22. The molecule has 3 aromatic rings. The van der Waals surface area contributed by atoms with Gasteiger partial charge >= 0.3 is 0 Å². The minimum absolute atomic E-state index is 0.0948. The second-order valence-electron chi connectivity index (χ2n) is 6.43. The molecule has 0 aliphatic carbocycles. The summed E-state index contributed by atoms with van der Waals surface area (Å²) in [5, 5.41) is 7.56. The van der Waals surface area contributed by atoms with E-state index in [0.29, 0.717) is 23.6 Å². The number of aromatic nitrogens is 2. The maximum atomic E-state index is 12.8. The fourth-order valence-electron chi connectivity index (χ4n) is 3.10. The van der Waals surface area contributed by atoms with Gasteiger partial charge in [-0.1, -0.05) is 18.2 Å². The van der Waals surface area contributed by atoms with Crippen LogP contribution in [-0.4, -0.2) is 34.9 Å². The van der Waals surface area contributed by atoms with E-state index in [1.165, 1.54) is 0 Å². The first-order valence-electron chi connectivity index (χ1n) is 8.82. The van der Waals surface area contributed by atoms with Gasteiger partial charge in [0.15, 0.2) is 5.76 Å². The predicted octanol–water partition coefficient (Wildman–Crippen LogP) is 3.35. The number of furan rings is 1. The first-order valence-corrected chi connectivity index (χ1v) is 8.82. The number of carbonyl (C=O) groups excluding carboxylic acids is 1. The van der Waals surface area contributed by atoms with Gasteiger partial charge < -0.3 is 14.5 Å². The third kappa shape index (κ3) is 3.41. The summed E-state index contributed by atoms with van der Waals surface area (Å²) in [5.74, 6) is 1.19. The molecular weight excluding hydrogens is 330 g/mol. The van der Waals surface area contributed by atoms with Gasteiger partial charge in [-0.25, -0.2) is 4.68 Å². The van der Waals surface area contributed by atoms with E-state index >= 15 is 0 Å². The zero-order chi connectivity index (χ0) is 17.9. The van der Waals surface area contributed by atoms with Crippen LogP contribution < -0.4 is 5.32 Å². The number of amides is 1. The summed E-state index contributed by atoms with van der Waals surface area (Å²) >= 11 is 0. The largest absolute Gasteiger partial charge is 0.460 e. The predicted molar refractivity (Wildman–Crippen MR) is 97.3 cm³/mol. The second kappa shape index (κ2) is 7.17. The normalized spacial score (nSPS) is 16.7. The van der Waals surface area contributed by atoms with Gasteiger partial charge in [0.1, 0.15) is 11.5 Å². The van der Waals surface area contributed by atoms with Crippen molar-refractivity contribution < 1.29 is 13.9 Å². The second-order valence-corrected chi connectivity index (χ2v) is 6.43. The lowest BCUT2D eigenvalue weighted by Crippen LogP contribution is -2.31. The van der Waals surface area contributed by atoms with Crippen LogP contribution in [0.4, 0.5) is 0 Å². The number of hydrogen-bond acceptors (Lipinski definition) is 4. The quantitative estimate of drug-likeness (QED) is 0.765. The van der Waals surface area contributed by atoms with E-state index in [2.05, 4.69) is 10.4 Å². The number of para-hydroxylation sites is 1. The molecule has 0 spiro atoms. The Balaban J connectivity index is 1.64. The van der Waals surface area contributed by atoms with E-state index in [0.717, 1.165) is 30.9 Å². The summed E-state index contributed by atoms with van der Waals surface area (Å²) in [6.45, 7) is 3.14. The molecule has 0 radical (unpaired) electrons. The maximum absolute atomic E-state index is 12.8. The minimum atomic E-state index is -0.174. The van der Waals surface area contributed by atoms with Crippen LogP contribution in [0.25, 0.3) is 17.1 Å². The highest BCUT2D eigenvalue weighted by molar-refractivity contribution is 5.99. The fourth-order valence-corrected chi connectivity index (χ4v) is 3.10. The Hall–Kier alpha value is -2.86. The Morgan fingerprint density at radius 1 is 1.27 bits per heavy atom. The number of rotatable bonds is 5. The highest BCUT2D eigenvalue weighted by atomic mass is 16.5. The van der Waals surface area contributed by atoms with Crippen molar-refractivity contribution in [3.05, 3.63) is 60.0 Å². The molecule has 4 rings (SSSR count). The number of nitrogens with one attached hydrogen (secondary N) is 1. The van der Waals surface area contributed by atoms with Crippen LogP contribution in [0.3, 0.4) is 0 Å². The summed E-state index contributed by atoms with van der Waals surface area (Å²) in [6, 6.07) is 13.4. The summed E-state index contributed by atoms with van der Waals surface area (Å²) < 4.78 is 13.0. The lowest BCUT2D eigenvalue weighted by Gasteiger charge is -2.10. The standard InChI is InChI=1S/C20H21N3O3/c1-14-9-10-18(26-14)19-17(20(24)21-12-16-8-5-11-25-16)13-23(22-19)15-6-3-2-4-7-15/h2-4,6-7,9-10,13,16H,5,8,11-12H2,1H3,(H,21,24). The minimum Gasteiger partial charge on any atom is -0.460 e. The van der Waals surface area contributed by atoms with Crippen molar-refractivity contribution in [1.29, 1.82) is 0 Å². The molecule has 0 saturated carbocycles. The van der Waals surface area contributed by atoms with Crippen molar-refractivity contribution in [3.8, 4) is 17.1 Å². The first-order chi connectivity index (χ1) is 12.7. The van der Waals surface area contributed by atoms with Gasteiger partial charge in [0, 0.05) is 19.3 Å². The number of aryl methyl sites for hydroxylation is 1. The average Bonchev–Trinajstić information content (AvgIpc) is 3.40. The van der Waals surface area contributed by atoms with Crippen molar-refractivity contribution in [1.82, 2.24) is 15.1 Å². The molecule has 0 bridgehead atoms. The summed E-state index contributed by atoms with van der Waals surface area (Å²) in [5.41, 5.74) is 1.91. The van der Waals surface area contributed by atoms with Gasteiger partial charge in [0.2, 0.25) is 0 Å². The third-order valence-corrected chi connectivity index (χ3v) is 4.47. The monoisotopic (exact) mass is 351 g/mol. The van der Waals surface area contributed by atoms with E-state index in [9.17, 15) is 4.79 Å². The van der Waals surface area contributed by atoms with Crippen LogP contribution in [0.5, 0.6) is 0 Å². The van der Waals surface area contributed by atoms with E-state index in [-0.39, 0.29) is 12.0 Å². The van der Waals surface area contributed by atoms with Crippen LogP contribution in [0, 0.1) is 6.92 Å². The number of ether oxygens (including phenoxy) is 1. The highest BCUT2D eigenvalue weighted by Crippen LogP contribution is 2.25. The molecular formula is C20H21N3O3. The van der Waals surface area contributed by atoms with Gasteiger partial charge in [-0.2, -0.15) is 5.10 Å². The van der Waals surface area contributed by atoms with Crippen molar-refractivity contribution in [2.45, 2.75) is 25.9 Å².